The lowest BCUT2D eigenvalue weighted by atomic mass is 10.1. The van der Waals surface area contributed by atoms with Crippen LogP contribution in [0.2, 0.25) is 0 Å². The van der Waals surface area contributed by atoms with Crippen LogP contribution in [-0.4, -0.2) is 30.8 Å². The molecule has 0 aliphatic carbocycles. The maximum Gasteiger partial charge on any atom is 0.328 e. The van der Waals surface area contributed by atoms with Gasteiger partial charge in [0.2, 0.25) is 5.91 Å². The van der Waals surface area contributed by atoms with Crippen molar-refractivity contribution in [3.63, 3.8) is 0 Å². The van der Waals surface area contributed by atoms with E-state index in [-0.39, 0.29) is 11.9 Å². The van der Waals surface area contributed by atoms with E-state index in [0.717, 1.165) is 5.56 Å². The lowest BCUT2D eigenvalue weighted by Gasteiger charge is -2.08. The fraction of sp³-hybridized carbons (Fsp3) is 0.385. The SMILES string of the molecule is CSc1ccc(CC(=O)N[C@H]2CCOC2=O)cc1. The highest BCUT2D eigenvalue weighted by Gasteiger charge is 2.27. The molecule has 1 fully saturated rings. The lowest BCUT2D eigenvalue weighted by Crippen LogP contribution is -2.38. The van der Waals surface area contributed by atoms with Crippen molar-refractivity contribution >= 4 is 23.6 Å². The summed E-state index contributed by atoms with van der Waals surface area (Å²) < 4.78 is 4.79. The number of hydrogen-bond acceptors (Lipinski definition) is 4. The van der Waals surface area contributed by atoms with Gasteiger partial charge in [-0.05, 0) is 24.0 Å². The van der Waals surface area contributed by atoms with Gasteiger partial charge in [-0.2, -0.15) is 0 Å². The van der Waals surface area contributed by atoms with Gasteiger partial charge < -0.3 is 10.1 Å². The van der Waals surface area contributed by atoms with Crippen LogP contribution in [0.5, 0.6) is 0 Å². The molecule has 2 rings (SSSR count). The first kappa shape index (κ1) is 13.0. The highest BCUT2D eigenvalue weighted by atomic mass is 32.2. The standard InChI is InChI=1S/C13H15NO3S/c1-18-10-4-2-9(3-5-10)8-12(15)14-11-6-7-17-13(11)16/h2-5,11H,6-8H2,1H3,(H,14,15)/t11-/m0/s1. The van der Waals surface area contributed by atoms with Gasteiger partial charge in [-0.25, -0.2) is 4.79 Å². The lowest BCUT2D eigenvalue weighted by molar-refractivity contribution is -0.141. The van der Waals surface area contributed by atoms with Crippen LogP contribution in [0.1, 0.15) is 12.0 Å². The van der Waals surface area contributed by atoms with Gasteiger partial charge in [0.05, 0.1) is 13.0 Å². The third kappa shape index (κ3) is 3.26. The molecule has 0 bridgehead atoms. The summed E-state index contributed by atoms with van der Waals surface area (Å²) >= 11 is 1.66. The van der Waals surface area contributed by atoms with Crippen molar-refractivity contribution in [3.05, 3.63) is 29.8 Å². The van der Waals surface area contributed by atoms with E-state index in [9.17, 15) is 9.59 Å². The van der Waals surface area contributed by atoms with Gasteiger partial charge in [-0.3, -0.25) is 4.79 Å². The molecular formula is C13H15NO3S. The van der Waals surface area contributed by atoms with Gasteiger partial charge >= 0.3 is 5.97 Å². The number of amides is 1. The molecule has 1 aliphatic rings. The molecule has 1 heterocycles. The number of benzene rings is 1. The zero-order valence-electron chi connectivity index (χ0n) is 10.1. The Morgan fingerprint density at radius 1 is 1.44 bits per heavy atom. The fourth-order valence-electron chi connectivity index (χ4n) is 1.80. The molecule has 0 unspecified atom stereocenters. The normalized spacial score (nSPS) is 18.5. The van der Waals surface area contributed by atoms with E-state index >= 15 is 0 Å². The maximum atomic E-state index is 11.7. The minimum atomic E-state index is -0.469. The van der Waals surface area contributed by atoms with Gasteiger partial charge in [-0.1, -0.05) is 12.1 Å². The van der Waals surface area contributed by atoms with E-state index in [4.69, 9.17) is 4.74 Å². The average molecular weight is 265 g/mol. The van der Waals surface area contributed by atoms with Crippen LogP contribution >= 0.6 is 11.8 Å². The predicted molar refractivity (Wildman–Crippen MR) is 69.4 cm³/mol. The second-order valence-electron chi connectivity index (χ2n) is 4.10. The minimum absolute atomic E-state index is 0.143. The molecule has 0 spiro atoms. The van der Waals surface area contributed by atoms with E-state index in [1.807, 2.05) is 30.5 Å². The zero-order chi connectivity index (χ0) is 13.0. The van der Waals surface area contributed by atoms with Crippen molar-refractivity contribution in [2.45, 2.75) is 23.8 Å². The Morgan fingerprint density at radius 2 is 2.17 bits per heavy atom. The van der Waals surface area contributed by atoms with Crippen molar-refractivity contribution in [3.8, 4) is 0 Å². The number of carbonyl (C=O) groups excluding carboxylic acids is 2. The minimum Gasteiger partial charge on any atom is -0.464 e. The van der Waals surface area contributed by atoms with Gasteiger partial charge in [0.25, 0.3) is 0 Å². The fourth-order valence-corrected chi connectivity index (χ4v) is 2.21. The number of carbonyl (C=O) groups is 2. The molecule has 4 nitrogen and oxygen atoms in total. The smallest absolute Gasteiger partial charge is 0.328 e. The quantitative estimate of drug-likeness (QED) is 0.660. The van der Waals surface area contributed by atoms with E-state index in [0.29, 0.717) is 19.4 Å². The molecule has 1 N–H and O–H groups in total. The summed E-state index contributed by atoms with van der Waals surface area (Å²) in [5.41, 5.74) is 0.941. The molecule has 1 saturated heterocycles. The molecule has 1 aromatic carbocycles. The molecule has 1 amide bonds. The summed E-state index contributed by atoms with van der Waals surface area (Å²) in [5.74, 6) is -0.475. The Hall–Kier alpha value is -1.49. The molecule has 0 saturated carbocycles. The zero-order valence-corrected chi connectivity index (χ0v) is 11.0. The largest absolute Gasteiger partial charge is 0.464 e. The topological polar surface area (TPSA) is 55.4 Å². The summed E-state index contributed by atoms with van der Waals surface area (Å²) in [6.07, 6.45) is 2.86. The molecule has 5 heteroatoms. The molecule has 18 heavy (non-hydrogen) atoms. The molecule has 1 atom stereocenters. The summed E-state index contributed by atoms with van der Waals surface area (Å²) in [4.78, 5) is 24.1. The van der Waals surface area contributed by atoms with Crippen LogP contribution in [0.3, 0.4) is 0 Å². The Morgan fingerprint density at radius 3 is 2.72 bits per heavy atom. The Balaban J connectivity index is 1.88. The number of cyclic esters (lactones) is 1. The molecule has 1 aliphatic heterocycles. The molecule has 1 aromatic rings. The number of thioether (sulfide) groups is 1. The number of nitrogens with one attached hydrogen (secondary N) is 1. The molecule has 0 radical (unpaired) electrons. The Bertz CT molecular complexity index is 444. The van der Waals surface area contributed by atoms with Crippen molar-refractivity contribution in [2.75, 3.05) is 12.9 Å². The highest BCUT2D eigenvalue weighted by molar-refractivity contribution is 7.98. The van der Waals surface area contributed by atoms with E-state index in [1.54, 1.807) is 11.8 Å². The second-order valence-corrected chi connectivity index (χ2v) is 4.98. The molecular weight excluding hydrogens is 250 g/mol. The van der Waals surface area contributed by atoms with Crippen LogP contribution in [0.25, 0.3) is 0 Å². The number of hydrogen-bond donors (Lipinski definition) is 1. The Kier molecular flexibility index (Phi) is 4.25. The second kappa shape index (κ2) is 5.91. The summed E-state index contributed by atoms with van der Waals surface area (Å²) in [6, 6.07) is 7.35. The van der Waals surface area contributed by atoms with Crippen LogP contribution in [0.15, 0.2) is 29.2 Å². The van der Waals surface area contributed by atoms with Crippen molar-refractivity contribution in [2.24, 2.45) is 0 Å². The van der Waals surface area contributed by atoms with E-state index in [2.05, 4.69) is 5.32 Å². The highest BCUT2D eigenvalue weighted by Crippen LogP contribution is 2.15. The third-order valence-electron chi connectivity index (χ3n) is 2.79. The first-order valence-electron chi connectivity index (χ1n) is 5.78. The Labute approximate surface area is 110 Å². The van der Waals surface area contributed by atoms with Crippen LogP contribution in [-0.2, 0) is 20.7 Å². The van der Waals surface area contributed by atoms with E-state index in [1.165, 1.54) is 4.90 Å². The van der Waals surface area contributed by atoms with Gasteiger partial charge in [0.15, 0.2) is 0 Å². The number of ether oxygens (including phenoxy) is 1. The number of esters is 1. The van der Waals surface area contributed by atoms with Gasteiger partial charge in [-0.15, -0.1) is 11.8 Å². The average Bonchev–Trinajstić information content (AvgIpc) is 2.76. The third-order valence-corrected chi connectivity index (χ3v) is 3.54. The first-order valence-corrected chi connectivity index (χ1v) is 7.00. The summed E-state index contributed by atoms with van der Waals surface area (Å²) in [6.45, 7) is 0.395. The monoisotopic (exact) mass is 265 g/mol. The van der Waals surface area contributed by atoms with Crippen molar-refractivity contribution in [1.29, 1.82) is 0 Å². The summed E-state index contributed by atoms with van der Waals surface area (Å²) in [5, 5.41) is 2.69. The predicted octanol–water partition coefficient (Wildman–Crippen LogP) is 1.38. The first-order chi connectivity index (χ1) is 8.69. The van der Waals surface area contributed by atoms with Crippen LogP contribution < -0.4 is 5.32 Å². The number of rotatable bonds is 4. The van der Waals surface area contributed by atoms with Crippen LogP contribution in [0.4, 0.5) is 0 Å². The summed E-state index contributed by atoms with van der Waals surface area (Å²) in [7, 11) is 0. The van der Waals surface area contributed by atoms with Crippen molar-refractivity contribution in [1.82, 2.24) is 5.32 Å². The van der Waals surface area contributed by atoms with Crippen LogP contribution in [0, 0.1) is 0 Å². The maximum absolute atomic E-state index is 11.7. The van der Waals surface area contributed by atoms with Gasteiger partial charge in [0, 0.05) is 11.3 Å². The molecule has 0 aromatic heterocycles. The molecule has 96 valence electrons. The van der Waals surface area contributed by atoms with Gasteiger partial charge in [0.1, 0.15) is 6.04 Å². The van der Waals surface area contributed by atoms with E-state index < -0.39 is 6.04 Å². The van der Waals surface area contributed by atoms with Crippen molar-refractivity contribution < 1.29 is 14.3 Å².